The van der Waals surface area contributed by atoms with Crippen molar-refractivity contribution in [3.05, 3.63) is 29.6 Å². The Bertz CT molecular complexity index is 780. The van der Waals surface area contributed by atoms with E-state index in [0.717, 1.165) is 25.0 Å². The molecule has 6 nitrogen and oxygen atoms in total. The fraction of sp³-hybridized carbons (Fsp3) is 0.579. The van der Waals surface area contributed by atoms with E-state index in [4.69, 9.17) is 0 Å². The van der Waals surface area contributed by atoms with E-state index < -0.39 is 35.9 Å². The van der Waals surface area contributed by atoms with Crippen LogP contribution in [-0.4, -0.2) is 30.4 Å². The van der Waals surface area contributed by atoms with Gasteiger partial charge in [0.15, 0.2) is 11.6 Å². The molecule has 2 amide bonds. The quantitative estimate of drug-likeness (QED) is 0.622. The summed E-state index contributed by atoms with van der Waals surface area (Å²) in [6.45, 7) is 3.58. The molecule has 160 valence electrons. The summed E-state index contributed by atoms with van der Waals surface area (Å²) in [6, 6.07) is 1.70. The Balaban J connectivity index is 1.72. The predicted molar refractivity (Wildman–Crippen MR) is 95.0 cm³/mol. The number of amides is 2. The molecule has 1 aliphatic heterocycles. The average molecular weight is 417 g/mol. The van der Waals surface area contributed by atoms with E-state index in [1.807, 2.05) is 0 Å². The Kier molecular flexibility index (Phi) is 6.02. The normalized spacial score (nSPS) is 23.5. The zero-order chi connectivity index (χ0) is 21.3. The van der Waals surface area contributed by atoms with Crippen molar-refractivity contribution in [3.8, 4) is 5.75 Å². The highest BCUT2D eigenvalue weighted by Gasteiger charge is 2.39. The predicted octanol–water partition coefficient (Wildman–Crippen LogP) is 2.75. The number of halogens is 4. The second-order valence-electron chi connectivity index (χ2n) is 7.77. The lowest BCUT2D eigenvalue weighted by Gasteiger charge is -2.33. The first-order valence-corrected chi connectivity index (χ1v) is 9.44. The molecule has 3 rings (SSSR count). The van der Waals surface area contributed by atoms with Gasteiger partial charge in [0, 0.05) is 0 Å². The largest absolute Gasteiger partial charge is 0.573 e. The summed E-state index contributed by atoms with van der Waals surface area (Å²) < 4.78 is 54.7. The van der Waals surface area contributed by atoms with E-state index in [1.54, 1.807) is 13.8 Å². The number of hydrogen-bond donors (Lipinski definition) is 3. The highest BCUT2D eigenvalue weighted by atomic mass is 19.4. The average Bonchev–Trinajstić information content (AvgIpc) is 3.44. The van der Waals surface area contributed by atoms with Crippen molar-refractivity contribution in [1.82, 2.24) is 16.0 Å². The fourth-order valence-corrected chi connectivity index (χ4v) is 3.39. The van der Waals surface area contributed by atoms with Crippen molar-refractivity contribution in [2.45, 2.75) is 57.7 Å². The van der Waals surface area contributed by atoms with Crippen LogP contribution in [0.15, 0.2) is 18.2 Å². The maximum absolute atomic E-state index is 14.1. The van der Waals surface area contributed by atoms with Crippen molar-refractivity contribution >= 4 is 11.8 Å². The topological polar surface area (TPSA) is 79.5 Å². The van der Waals surface area contributed by atoms with Crippen LogP contribution in [0.2, 0.25) is 0 Å². The molecule has 1 heterocycles. The maximum Gasteiger partial charge on any atom is 0.573 e. The lowest BCUT2D eigenvalue weighted by Crippen LogP contribution is -2.61. The van der Waals surface area contributed by atoms with Gasteiger partial charge in [0.25, 0.3) is 0 Å². The van der Waals surface area contributed by atoms with Crippen LogP contribution in [-0.2, 0) is 9.59 Å². The minimum Gasteiger partial charge on any atom is -0.403 e. The minimum atomic E-state index is -5.00. The second-order valence-corrected chi connectivity index (χ2v) is 7.77. The van der Waals surface area contributed by atoms with E-state index >= 15 is 0 Å². The van der Waals surface area contributed by atoms with Crippen LogP contribution in [0.5, 0.6) is 5.75 Å². The van der Waals surface area contributed by atoms with E-state index in [2.05, 4.69) is 20.7 Å². The first-order valence-electron chi connectivity index (χ1n) is 9.44. The molecule has 1 aromatic rings. The van der Waals surface area contributed by atoms with E-state index in [9.17, 15) is 27.2 Å². The molecule has 2 aliphatic rings. The van der Waals surface area contributed by atoms with Crippen molar-refractivity contribution in [3.63, 3.8) is 0 Å². The minimum absolute atomic E-state index is 0.0212. The summed E-state index contributed by atoms with van der Waals surface area (Å²) in [5, 5.41) is 8.73. The summed E-state index contributed by atoms with van der Waals surface area (Å²) in [6.07, 6.45) is -3.31. The lowest BCUT2D eigenvalue weighted by molar-refractivity contribution is -0.275. The number of nitrogens with one attached hydrogen (secondary N) is 3. The van der Waals surface area contributed by atoms with Crippen molar-refractivity contribution in [1.29, 1.82) is 0 Å². The number of ether oxygens (including phenoxy) is 1. The molecule has 29 heavy (non-hydrogen) atoms. The van der Waals surface area contributed by atoms with Crippen LogP contribution in [0.25, 0.3) is 0 Å². The van der Waals surface area contributed by atoms with E-state index in [1.165, 1.54) is 6.07 Å². The molecule has 1 saturated heterocycles. The van der Waals surface area contributed by atoms with Gasteiger partial charge in [-0.25, -0.2) is 4.39 Å². The van der Waals surface area contributed by atoms with Crippen LogP contribution in [0.4, 0.5) is 17.6 Å². The number of carbonyl (C=O) groups is 2. The molecule has 1 saturated carbocycles. The Morgan fingerprint density at radius 3 is 2.52 bits per heavy atom. The Morgan fingerprint density at radius 1 is 1.28 bits per heavy atom. The van der Waals surface area contributed by atoms with Gasteiger partial charge in [-0.15, -0.1) is 13.2 Å². The van der Waals surface area contributed by atoms with Crippen LogP contribution in [0, 0.1) is 17.7 Å². The van der Waals surface area contributed by atoms with Gasteiger partial charge in [-0.05, 0) is 42.4 Å². The van der Waals surface area contributed by atoms with Crippen LogP contribution < -0.4 is 20.7 Å². The molecule has 2 unspecified atom stereocenters. The molecular weight excluding hydrogens is 394 g/mol. The third-order valence-corrected chi connectivity index (χ3v) is 5.00. The van der Waals surface area contributed by atoms with E-state index in [0.29, 0.717) is 11.5 Å². The standard InChI is InChI=1S/C19H23F4N3O3/c1-9(2)16(11-5-6-14(12(20)7-11)29-19(21,22)23)26-18(28)13-8-15(27)25-17(24-13)10-3-4-10/h5-7,9-10,13,16-17,24H,3-4,8H2,1-2H3,(H,25,27)(H,26,28)/t13?,16-,17?/m1/s1. The highest BCUT2D eigenvalue weighted by molar-refractivity contribution is 5.89. The van der Waals surface area contributed by atoms with Gasteiger partial charge in [-0.2, -0.15) is 0 Å². The van der Waals surface area contributed by atoms with Gasteiger partial charge < -0.3 is 15.4 Å². The molecule has 2 fully saturated rings. The van der Waals surface area contributed by atoms with Crippen LogP contribution in [0.3, 0.4) is 0 Å². The SMILES string of the molecule is CC(C)[C@@H](NC(=O)C1CC(=O)NC(C2CC2)N1)c1ccc(OC(F)(F)F)c(F)c1. The number of alkyl halides is 3. The third kappa shape index (κ3) is 5.59. The fourth-order valence-electron chi connectivity index (χ4n) is 3.39. The smallest absolute Gasteiger partial charge is 0.403 e. The van der Waals surface area contributed by atoms with E-state index in [-0.39, 0.29) is 24.4 Å². The van der Waals surface area contributed by atoms with Gasteiger partial charge in [0.05, 0.1) is 24.7 Å². The molecule has 10 heteroatoms. The summed E-state index contributed by atoms with van der Waals surface area (Å²) in [4.78, 5) is 24.7. The number of carbonyl (C=O) groups excluding carboxylic acids is 2. The number of hydrogen-bond acceptors (Lipinski definition) is 4. The molecule has 1 aromatic carbocycles. The summed E-state index contributed by atoms with van der Waals surface area (Å²) in [5.41, 5.74) is 0.305. The van der Waals surface area contributed by atoms with Crippen molar-refractivity contribution in [2.75, 3.05) is 0 Å². The zero-order valence-corrected chi connectivity index (χ0v) is 16.0. The van der Waals surface area contributed by atoms with Crippen LogP contribution >= 0.6 is 0 Å². The van der Waals surface area contributed by atoms with Gasteiger partial charge in [-0.1, -0.05) is 19.9 Å². The maximum atomic E-state index is 14.1. The molecular formula is C19H23F4N3O3. The van der Waals surface area contributed by atoms with Crippen LogP contribution in [0.1, 0.15) is 44.7 Å². The molecule has 0 bridgehead atoms. The van der Waals surface area contributed by atoms with Gasteiger partial charge in [-0.3, -0.25) is 14.9 Å². The summed E-state index contributed by atoms with van der Waals surface area (Å²) >= 11 is 0. The summed E-state index contributed by atoms with van der Waals surface area (Å²) in [7, 11) is 0. The Morgan fingerprint density at radius 2 is 1.97 bits per heavy atom. The second kappa shape index (κ2) is 8.17. The molecule has 0 spiro atoms. The number of benzene rings is 1. The molecule has 1 aliphatic carbocycles. The van der Waals surface area contributed by atoms with Gasteiger partial charge >= 0.3 is 6.36 Å². The molecule has 0 aromatic heterocycles. The molecule has 0 radical (unpaired) electrons. The van der Waals surface area contributed by atoms with Gasteiger partial charge in [0.1, 0.15) is 0 Å². The van der Waals surface area contributed by atoms with Crippen molar-refractivity contribution < 1.29 is 31.9 Å². The molecule has 3 N–H and O–H groups in total. The molecule has 3 atom stereocenters. The Hall–Kier alpha value is -2.36. The number of rotatable bonds is 6. The summed E-state index contributed by atoms with van der Waals surface area (Å²) in [5.74, 6) is -2.62. The first kappa shape index (κ1) is 21.4. The monoisotopic (exact) mass is 417 g/mol. The van der Waals surface area contributed by atoms with Crippen molar-refractivity contribution in [2.24, 2.45) is 11.8 Å². The Labute approximate surface area is 165 Å². The van der Waals surface area contributed by atoms with Gasteiger partial charge in [0.2, 0.25) is 11.8 Å². The highest BCUT2D eigenvalue weighted by Crippen LogP contribution is 2.33. The third-order valence-electron chi connectivity index (χ3n) is 5.00. The first-order chi connectivity index (χ1) is 13.5. The zero-order valence-electron chi connectivity index (χ0n) is 16.0. The lowest BCUT2D eigenvalue weighted by atomic mass is 9.95.